The Balaban J connectivity index is 1.57. The van der Waals surface area contributed by atoms with Gasteiger partial charge in [0.15, 0.2) is 11.6 Å². The first-order valence-electron chi connectivity index (χ1n) is 10.9. The van der Waals surface area contributed by atoms with Crippen molar-refractivity contribution in [3.05, 3.63) is 12.7 Å². The molecule has 0 aromatic carbocycles. The summed E-state index contributed by atoms with van der Waals surface area (Å²) in [7, 11) is 1.39. The van der Waals surface area contributed by atoms with Crippen molar-refractivity contribution < 1.29 is 33.3 Å². The summed E-state index contributed by atoms with van der Waals surface area (Å²) in [6.45, 7) is 5.49. The van der Waals surface area contributed by atoms with Gasteiger partial charge in [0.2, 0.25) is 0 Å². The second-order valence-electron chi connectivity index (χ2n) is 8.75. The first-order chi connectivity index (χ1) is 14.0. The summed E-state index contributed by atoms with van der Waals surface area (Å²) in [6, 6.07) is 0. The molecule has 0 amide bonds. The number of carbonyl (C=O) groups is 2. The summed E-state index contributed by atoms with van der Waals surface area (Å²) >= 11 is 0. The van der Waals surface area contributed by atoms with E-state index in [1.807, 2.05) is 6.92 Å². The molecular weight excluding hydrogens is 376 g/mol. The van der Waals surface area contributed by atoms with Crippen molar-refractivity contribution in [1.82, 2.24) is 0 Å². The minimum Gasteiger partial charge on any atom is -0.469 e. The number of hydrogen-bond acceptors (Lipinski definition) is 7. The fraction of sp³-hybridized carbons (Fsp3) is 0.818. The molecular formula is C22H32O7. The van der Waals surface area contributed by atoms with E-state index in [4.69, 9.17) is 23.7 Å². The van der Waals surface area contributed by atoms with E-state index in [-0.39, 0.29) is 54.6 Å². The molecule has 0 bridgehead atoms. The summed E-state index contributed by atoms with van der Waals surface area (Å²) in [6.07, 6.45) is 6.23. The van der Waals surface area contributed by atoms with E-state index < -0.39 is 11.9 Å². The van der Waals surface area contributed by atoms with E-state index in [0.717, 1.165) is 32.1 Å². The second-order valence-corrected chi connectivity index (χ2v) is 8.75. The molecule has 4 rings (SSSR count). The molecule has 7 atom stereocenters. The molecule has 7 nitrogen and oxygen atoms in total. The Morgan fingerprint density at radius 3 is 2.52 bits per heavy atom. The average molecular weight is 408 g/mol. The summed E-state index contributed by atoms with van der Waals surface area (Å²) in [4.78, 5) is 24.1. The summed E-state index contributed by atoms with van der Waals surface area (Å²) in [5.41, 5.74) is 0. The van der Waals surface area contributed by atoms with Gasteiger partial charge in [0.1, 0.15) is 18.3 Å². The quantitative estimate of drug-likeness (QED) is 0.511. The van der Waals surface area contributed by atoms with E-state index in [9.17, 15) is 9.59 Å². The van der Waals surface area contributed by atoms with Crippen molar-refractivity contribution in [2.45, 2.75) is 101 Å². The van der Waals surface area contributed by atoms with Crippen LogP contribution in [0.1, 0.15) is 58.3 Å². The van der Waals surface area contributed by atoms with E-state index in [1.54, 1.807) is 0 Å². The van der Waals surface area contributed by atoms with Gasteiger partial charge in [-0.15, -0.1) is 0 Å². The number of methoxy groups -OCH3 is 1. The monoisotopic (exact) mass is 408 g/mol. The molecule has 4 fully saturated rings. The van der Waals surface area contributed by atoms with Crippen LogP contribution in [0.15, 0.2) is 12.7 Å². The van der Waals surface area contributed by atoms with E-state index in [0.29, 0.717) is 6.42 Å². The lowest BCUT2D eigenvalue weighted by atomic mass is 9.84. The maximum Gasteiger partial charge on any atom is 0.308 e. The Hall–Kier alpha value is -1.28. The molecule has 4 aliphatic rings. The Bertz CT molecular complexity index is 641. The van der Waals surface area contributed by atoms with Crippen LogP contribution >= 0.6 is 0 Å². The predicted octanol–water partition coefficient (Wildman–Crippen LogP) is 2.70. The summed E-state index contributed by atoms with van der Waals surface area (Å²) in [5, 5.41) is 0. The summed E-state index contributed by atoms with van der Waals surface area (Å²) < 4.78 is 30.5. The minimum absolute atomic E-state index is 0.0549. The first-order valence-corrected chi connectivity index (χ1v) is 10.9. The molecule has 7 heteroatoms. The average Bonchev–Trinajstić information content (AvgIpc) is 3.11. The van der Waals surface area contributed by atoms with Crippen molar-refractivity contribution in [2.75, 3.05) is 7.11 Å². The van der Waals surface area contributed by atoms with Crippen molar-refractivity contribution in [1.29, 1.82) is 0 Å². The van der Waals surface area contributed by atoms with Gasteiger partial charge in [-0.05, 0) is 31.8 Å². The smallest absolute Gasteiger partial charge is 0.308 e. The highest BCUT2D eigenvalue weighted by Crippen LogP contribution is 2.48. The van der Waals surface area contributed by atoms with E-state index in [1.165, 1.54) is 19.6 Å². The van der Waals surface area contributed by atoms with Gasteiger partial charge in [-0.1, -0.05) is 19.9 Å². The van der Waals surface area contributed by atoms with Crippen LogP contribution in [0, 0.1) is 5.92 Å². The van der Waals surface area contributed by atoms with Crippen LogP contribution in [-0.2, 0) is 33.3 Å². The number of allylic oxidation sites excluding steroid dienone is 1. The van der Waals surface area contributed by atoms with Crippen LogP contribution in [-0.4, -0.2) is 61.3 Å². The highest BCUT2D eigenvalue weighted by molar-refractivity contribution is 5.91. The van der Waals surface area contributed by atoms with Gasteiger partial charge >= 0.3 is 5.97 Å². The molecule has 29 heavy (non-hydrogen) atoms. The second kappa shape index (κ2) is 8.46. The minimum atomic E-state index is -0.611. The number of hydrogen-bond donors (Lipinski definition) is 0. The Morgan fingerprint density at radius 1 is 1.10 bits per heavy atom. The number of esters is 1. The lowest BCUT2D eigenvalue weighted by Gasteiger charge is -2.47. The standard InChI is InChI=1S/C22H32O7/c1-4-15(23)13(2)18-20-21(29-22(28-20)10-6-5-7-11-22)19-16(27-18)9-8-14(26-19)12-17(24)25-3/h4,13-14,16,18-21H,1,5-12H2,2-3H3/t13-,14-,16+,18+,19+,20?,21+/m1/s1. The van der Waals surface area contributed by atoms with Crippen molar-refractivity contribution >= 4 is 11.8 Å². The van der Waals surface area contributed by atoms with E-state index in [2.05, 4.69) is 6.58 Å². The molecule has 0 N–H and O–H groups in total. The third kappa shape index (κ3) is 4.02. The SMILES string of the molecule is C=CC(=O)[C@@H](C)[C@@H]1O[C@H]2CC[C@H](CC(=O)OC)O[C@@H]2[C@@H]2OC3(CCCCC3)OC21. The van der Waals surface area contributed by atoms with Gasteiger partial charge in [0.25, 0.3) is 0 Å². The molecule has 3 heterocycles. The van der Waals surface area contributed by atoms with Crippen LogP contribution in [0.4, 0.5) is 0 Å². The fourth-order valence-electron chi connectivity index (χ4n) is 5.27. The Morgan fingerprint density at radius 2 is 1.83 bits per heavy atom. The molecule has 1 unspecified atom stereocenters. The lowest BCUT2D eigenvalue weighted by Crippen LogP contribution is -2.61. The molecule has 3 saturated heterocycles. The number of carbonyl (C=O) groups excluding carboxylic acids is 2. The van der Waals surface area contributed by atoms with Gasteiger partial charge < -0.3 is 23.7 Å². The molecule has 1 spiro atoms. The zero-order chi connectivity index (χ0) is 20.6. The maximum atomic E-state index is 12.4. The number of rotatable bonds is 5. The Kier molecular flexibility index (Phi) is 6.11. The highest BCUT2D eigenvalue weighted by atomic mass is 16.8. The maximum absolute atomic E-state index is 12.4. The molecule has 1 saturated carbocycles. The van der Waals surface area contributed by atoms with Crippen LogP contribution in [0.5, 0.6) is 0 Å². The van der Waals surface area contributed by atoms with Crippen molar-refractivity contribution in [3.63, 3.8) is 0 Å². The molecule has 162 valence electrons. The fourth-order valence-corrected chi connectivity index (χ4v) is 5.27. The van der Waals surface area contributed by atoms with Crippen LogP contribution in [0.25, 0.3) is 0 Å². The van der Waals surface area contributed by atoms with Crippen LogP contribution in [0.2, 0.25) is 0 Å². The van der Waals surface area contributed by atoms with E-state index >= 15 is 0 Å². The zero-order valence-corrected chi connectivity index (χ0v) is 17.3. The summed E-state index contributed by atoms with van der Waals surface area (Å²) in [5.74, 6) is -1.31. The van der Waals surface area contributed by atoms with Crippen LogP contribution < -0.4 is 0 Å². The topological polar surface area (TPSA) is 80.3 Å². The number of ether oxygens (including phenoxy) is 5. The van der Waals surface area contributed by atoms with Crippen molar-refractivity contribution in [2.24, 2.45) is 5.92 Å². The number of ketones is 1. The van der Waals surface area contributed by atoms with Gasteiger partial charge in [0.05, 0.1) is 31.8 Å². The molecule has 3 aliphatic heterocycles. The van der Waals surface area contributed by atoms with Gasteiger partial charge in [0, 0.05) is 18.8 Å². The lowest BCUT2D eigenvalue weighted by molar-refractivity contribution is -0.246. The first kappa shape index (κ1) is 21.0. The normalized spacial score (nSPS) is 39.2. The largest absolute Gasteiger partial charge is 0.469 e. The third-order valence-electron chi connectivity index (χ3n) is 6.87. The van der Waals surface area contributed by atoms with Gasteiger partial charge in [-0.25, -0.2) is 0 Å². The third-order valence-corrected chi connectivity index (χ3v) is 6.87. The predicted molar refractivity (Wildman–Crippen MR) is 103 cm³/mol. The molecule has 0 aromatic rings. The Labute approximate surface area is 172 Å². The number of fused-ring (bicyclic) bond motifs is 3. The molecule has 0 aromatic heterocycles. The van der Waals surface area contributed by atoms with Gasteiger partial charge in [-0.2, -0.15) is 0 Å². The van der Waals surface area contributed by atoms with Gasteiger partial charge in [-0.3, -0.25) is 9.59 Å². The zero-order valence-electron chi connectivity index (χ0n) is 17.3. The van der Waals surface area contributed by atoms with Crippen molar-refractivity contribution in [3.8, 4) is 0 Å². The molecule has 0 radical (unpaired) electrons. The highest BCUT2D eigenvalue weighted by Gasteiger charge is 2.60. The molecule has 1 aliphatic carbocycles. The van der Waals surface area contributed by atoms with Crippen LogP contribution in [0.3, 0.4) is 0 Å².